The van der Waals surface area contributed by atoms with Gasteiger partial charge in [0.15, 0.2) is 0 Å². The molecule has 1 heterocycles. The normalized spacial score (nSPS) is 10.7. The largest absolute Gasteiger partial charge is 0.497 e. The summed E-state index contributed by atoms with van der Waals surface area (Å²) in [5, 5.41) is 13.7. The average Bonchev–Trinajstić information content (AvgIpc) is 3.16. The monoisotopic (exact) mass is 405 g/mol. The molecule has 0 aliphatic heterocycles. The van der Waals surface area contributed by atoms with E-state index >= 15 is 0 Å². The molecule has 0 saturated heterocycles. The predicted molar refractivity (Wildman–Crippen MR) is 115 cm³/mol. The van der Waals surface area contributed by atoms with Gasteiger partial charge in [-0.3, -0.25) is 10.1 Å². The van der Waals surface area contributed by atoms with Crippen LogP contribution in [0.2, 0.25) is 0 Å². The minimum atomic E-state index is -0.280. The van der Waals surface area contributed by atoms with Crippen molar-refractivity contribution in [1.82, 2.24) is 10.2 Å². The molecule has 0 bridgehead atoms. The molecule has 146 valence electrons. The zero-order chi connectivity index (χ0) is 20.4. The zero-order valence-corrected chi connectivity index (χ0v) is 17.0. The van der Waals surface area contributed by atoms with E-state index in [9.17, 15) is 4.79 Å². The first kappa shape index (κ1) is 18.9. The zero-order valence-electron chi connectivity index (χ0n) is 16.2. The number of rotatable bonds is 5. The summed E-state index contributed by atoms with van der Waals surface area (Å²) in [4.78, 5) is 13.0. The molecule has 3 aromatic carbocycles. The number of nitrogens with one attached hydrogen (secondary N) is 1. The van der Waals surface area contributed by atoms with E-state index in [0.29, 0.717) is 16.4 Å². The van der Waals surface area contributed by atoms with E-state index in [-0.39, 0.29) is 5.91 Å². The van der Waals surface area contributed by atoms with Crippen LogP contribution in [0.5, 0.6) is 11.5 Å². The topological polar surface area (TPSA) is 73.3 Å². The third kappa shape index (κ3) is 3.77. The van der Waals surface area contributed by atoms with Crippen molar-refractivity contribution in [2.24, 2.45) is 0 Å². The van der Waals surface area contributed by atoms with Gasteiger partial charge in [0.1, 0.15) is 16.5 Å². The van der Waals surface area contributed by atoms with Crippen LogP contribution < -0.4 is 14.8 Å². The number of benzene rings is 3. The number of aryl methyl sites for hydroxylation is 1. The summed E-state index contributed by atoms with van der Waals surface area (Å²) in [6.45, 7) is 1.84. The number of hydrogen-bond acceptors (Lipinski definition) is 6. The van der Waals surface area contributed by atoms with Crippen molar-refractivity contribution >= 4 is 33.1 Å². The van der Waals surface area contributed by atoms with Crippen LogP contribution in [0.25, 0.3) is 21.9 Å². The van der Waals surface area contributed by atoms with E-state index in [4.69, 9.17) is 9.47 Å². The number of aromatic nitrogens is 2. The first-order valence-electron chi connectivity index (χ1n) is 8.95. The Balaban J connectivity index is 1.78. The van der Waals surface area contributed by atoms with Crippen molar-refractivity contribution in [3.05, 3.63) is 65.2 Å². The third-order valence-corrected chi connectivity index (χ3v) is 5.33. The van der Waals surface area contributed by atoms with Gasteiger partial charge in [-0.25, -0.2) is 0 Å². The fraction of sp³-hybridized carbons (Fsp3) is 0.136. The van der Waals surface area contributed by atoms with Crippen LogP contribution in [0, 0.1) is 6.92 Å². The van der Waals surface area contributed by atoms with Crippen LogP contribution in [0.4, 0.5) is 5.13 Å². The molecule has 0 aliphatic rings. The number of methoxy groups -OCH3 is 2. The maximum Gasteiger partial charge on any atom is 0.261 e. The quantitative estimate of drug-likeness (QED) is 0.509. The van der Waals surface area contributed by atoms with E-state index in [1.54, 1.807) is 20.3 Å². The number of carbonyl (C=O) groups is 1. The summed E-state index contributed by atoms with van der Waals surface area (Å²) < 4.78 is 10.8. The summed E-state index contributed by atoms with van der Waals surface area (Å²) in [5.74, 6) is 1.02. The van der Waals surface area contributed by atoms with Crippen molar-refractivity contribution in [3.8, 4) is 22.6 Å². The summed E-state index contributed by atoms with van der Waals surface area (Å²) >= 11 is 1.33. The summed E-state index contributed by atoms with van der Waals surface area (Å²) in [6.07, 6.45) is 0. The maximum absolute atomic E-state index is 13.0. The molecule has 0 fully saturated rings. The number of carbonyl (C=O) groups excluding carboxylic acids is 1. The van der Waals surface area contributed by atoms with Crippen LogP contribution in [-0.4, -0.2) is 30.3 Å². The highest BCUT2D eigenvalue weighted by atomic mass is 32.1. The van der Waals surface area contributed by atoms with Crippen molar-refractivity contribution in [3.63, 3.8) is 0 Å². The van der Waals surface area contributed by atoms with E-state index in [1.165, 1.54) is 11.3 Å². The van der Waals surface area contributed by atoms with Crippen LogP contribution in [0.3, 0.4) is 0 Å². The molecule has 4 aromatic rings. The number of fused-ring (bicyclic) bond motifs is 1. The SMILES string of the molecule is COc1cccc(-c2ccc3c(C(=O)Nc4nnc(C)s4)c(OC)ccc3c2)c1. The number of nitrogens with zero attached hydrogens (tertiary/aromatic N) is 2. The van der Waals surface area contributed by atoms with E-state index in [2.05, 4.69) is 21.6 Å². The molecule has 0 aliphatic carbocycles. The number of anilines is 1. The minimum Gasteiger partial charge on any atom is -0.497 e. The first-order valence-corrected chi connectivity index (χ1v) is 9.77. The highest BCUT2D eigenvalue weighted by Crippen LogP contribution is 2.33. The molecule has 1 amide bonds. The summed E-state index contributed by atoms with van der Waals surface area (Å²) in [5.41, 5.74) is 2.54. The Bertz CT molecular complexity index is 1200. The Labute approximate surface area is 172 Å². The van der Waals surface area contributed by atoms with Gasteiger partial charge in [-0.15, -0.1) is 10.2 Å². The second kappa shape index (κ2) is 7.89. The Morgan fingerprint density at radius 1 is 0.966 bits per heavy atom. The van der Waals surface area contributed by atoms with Crippen molar-refractivity contribution < 1.29 is 14.3 Å². The molecule has 0 saturated carbocycles. The van der Waals surface area contributed by atoms with Crippen LogP contribution in [-0.2, 0) is 0 Å². The molecule has 4 rings (SSSR count). The Morgan fingerprint density at radius 3 is 2.52 bits per heavy atom. The molecule has 0 radical (unpaired) electrons. The van der Waals surface area contributed by atoms with Gasteiger partial charge in [-0.2, -0.15) is 0 Å². The summed E-state index contributed by atoms with van der Waals surface area (Å²) in [6, 6.07) is 17.6. The van der Waals surface area contributed by atoms with E-state index in [0.717, 1.165) is 32.7 Å². The van der Waals surface area contributed by atoms with Gasteiger partial charge >= 0.3 is 0 Å². The Morgan fingerprint density at radius 2 is 1.79 bits per heavy atom. The van der Waals surface area contributed by atoms with E-state index in [1.807, 2.05) is 49.4 Å². The smallest absolute Gasteiger partial charge is 0.261 e. The standard InChI is InChI=1S/C22H19N3O3S/c1-13-24-25-22(29-13)23-21(26)20-18-9-7-15(11-16(18)8-10-19(20)28-3)14-5-4-6-17(12-14)27-2/h4-12H,1-3H3,(H,23,25,26). The third-order valence-electron chi connectivity index (χ3n) is 4.58. The highest BCUT2D eigenvalue weighted by Gasteiger charge is 2.18. The average molecular weight is 405 g/mol. The van der Waals surface area contributed by atoms with E-state index < -0.39 is 0 Å². The lowest BCUT2D eigenvalue weighted by molar-refractivity contribution is 0.102. The molecule has 7 heteroatoms. The van der Waals surface area contributed by atoms with Gasteiger partial charge in [0.2, 0.25) is 5.13 Å². The van der Waals surface area contributed by atoms with Crippen LogP contribution >= 0.6 is 11.3 Å². The van der Waals surface area contributed by atoms with Crippen molar-refractivity contribution in [2.45, 2.75) is 6.92 Å². The Kier molecular flexibility index (Phi) is 5.14. The van der Waals surface area contributed by atoms with Gasteiger partial charge in [0, 0.05) is 0 Å². The molecule has 6 nitrogen and oxygen atoms in total. The predicted octanol–water partition coefficient (Wildman–Crippen LogP) is 4.94. The lowest BCUT2D eigenvalue weighted by Gasteiger charge is -2.13. The lowest BCUT2D eigenvalue weighted by Crippen LogP contribution is -2.13. The molecular weight excluding hydrogens is 386 g/mol. The molecular formula is C22H19N3O3S. The van der Waals surface area contributed by atoms with Gasteiger partial charge < -0.3 is 9.47 Å². The molecule has 0 unspecified atom stereocenters. The fourth-order valence-corrected chi connectivity index (χ4v) is 3.79. The Hall–Kier alpha value is -3.45. The molecule has 0 spiro atoms. The second-order valence-electron chi connectivity index (χ2n) is 6.39. The van der Waals surface area contributed by atoms with Crippen LogP contribution in [0.1, 0.15) is 15.4 Å². The van der Waals surface area contributed by atoms with Gasteiger partial charge in [-0.05, 0) is 53.1 Å². The molecule has 1 N–H and O–H groups in total. The maximum atomic E-state index is 13.0. The first-order chi connectivity index (χ1) is 14.1. The number of hydrogen-bond donors (Lipinski definition) is 1. The fourth-order valence-electron chi connectivity index (χ4n) is 3.20. The minimum absolute atomic E-state index is 0.280. The van der Waals surface area contributed by atoms with Crippen molar-refractivity contribution in [1.29, 1.82) is 0 Å². The lowest BCUT2D eigenvalue weighted by atomic mass is 9.97. The molecule has 29 heavy (non-hydrogen) atoms. The second-order valence-corrected chi connectivity index (χ2v) is 7.57. The highest BCUT2D eigenvalue weighted by molar-refractivity contribution is 7.15. The van der Waals surface area contributed by atoms with Crippen LogP contribution in [0.15, 0.2) is 54.6 Å². The molecule has 0 atom stereocenters. The van der Waals surface area contributed by atoms with Crippen molar-refractivity contribution in [2.75, 3.05) is 19.5 Å². The van der Waals surface area contributed by atoms with Gasteiger partial charge in [0.05, 0.1) is 19.8 Å². The van der Waals surface area contributed by atoms with Gasteiger partial charge in [0.25, 0.3) is 5.91 Å². The molecule has 1 aromatic heterocycles. The summed E-state index contributed by atoms with van der Waals surface area (Å²) in [7, 11) is 3.20. The van der Waals surface area contributed by atoms with Gasteiger partial charge in [-0.1, -0.05) is 41.7 Å². The number of ether oxygens (including phenoxy) is 2. The number of amides is 1.